The molecular formula is C17H19N3O2. The second kappa shape index (κ2) is 6.58. The number of nitrogens with zero attached hydrogens (tertiary/aromatic N) is 2. The Morgan fingerprint density at radius 2 is 2.09 bits per heavy atom. The number of ether oxygens (including phenoxy) is 1. The molecule has 1 atom stereocenters. The van der Waals surface area contributed by atoms with Gasteiger partial charge in [0.15, 0.2) is 0 Å². The molecule has 22 heavy (non-hydrogen) atoms. The third-order valence-electron chi connectivity index (χ3n) is 3.84. The van der Waals surface area contributed by atoms with E-state index in [4.69, 9.17) is 10.5 Å². The molecule has 2 heterocycles. The average molecular weight is 297 g/mol. The maximum atomic E-state index is 12.5. The van der Waals surface area contributed by atoms with E-state index in [2.05, 4.69) is 4.98 Å². The van der Waals surface area contributed by atoms with Crippen molar-refractivity contribution in [1.82, 2.24) is 9.88 Å². The van der Waals surface area contributed by atoms with Crippen LogP contribution in [-0.2, 0) is 0 Å². The number of aromatic nitrogens is 1. The van der Waals surface area contributed by atoms with E-state index in [0.29, 0.717) is 30.5 Å². The van der Waals surface area contributed by atoms with Crippen LogP contribution in [0.3, 0.4) is 0 Å². The van der Waals surface area contributed by atoms with Crippen LogP contribution in [0.4, 0.5) is 0 Å². The van der Waals surface area contributed by atoms with Crippen LogP contribution >= 0.6 is 0 Å². The van der Waals surface area contributed by atoms with Gasteiger partial charge < -0.3 is 15.4 Å². The first-order valence-corrected chi connectivity index (χ1v) is 7.44. The number of nitrogens with two attached hydrogens (primary N) is 1. The first-order chi connectivity index (χ1) is 10.8. The zero-order chi connectivity index (χ0) is 15.4. The summed E-state index contributed by atoms with van der Waals surface area (Å²) < 4.78 is 5.74. The molecule has 1 amide bonds. The monoisotopic (exact) mass is 297 g/mol. The van der Waals surface area contributed by atoms with Crippen molar-refractivity contribution >= 4 is 5.91 Å². The lowest BCUT2D eigenvalue weighted by Gasteiger charge is -2.16. The number of amides is 1. The van der Waals surface area contributed by atoms with E-state index in [1.807, 2.05) is 35.2 Å². The Kier molecular flexibility index (Phi) is 4.34. The van der Waals surface area contributed by atoms with Gasteiger partial charge in [0.2, 0.25) is 0 Å². The molecule has 1 aliphatic heterocycles. The quantitative estimate of drug-likeness (QED) is 0.940. The molecule has 0 spiro atoms. The number of carbonyl (C=O) groups is 1. The van der Waals surface area contributed by atoms with Crippen LogP contribution in [0.2, 0.25) is 0 Å². The van der Waals surface area contributed by atoms with E-state index in [1.54, 1.807) is 18.3 Å². The molecule has 1 aromatic heterocycles. The highest BCUT2D eigenvalue weighted by molar-refractivity contribution is 5.92. The molecule has 5 nitrogen and oxygen atoms in total. The minimum Gasteiger partial charge on any atom is -0.457 e. The van der Waals surface area contributed by atoms with E-state index < -0.39 is 0 Å². The lowest BCUT2D eigenvalue weighted by atomic mass is 10.1. The third kappa shape index (κ3) is 3.26. The number of carbonyl (C=O) groups excluding carboxylic acids is 1. The second-order valence-corrected chi connectivity index (χ2v) is 5.43. The van der Waals surface area contributed by atoms with Crippen molar-refractivity contribution in [3.63, 3.8) is 0 Å². The van der Waals surface area contributed by atoms with Crippen molar-refractivity contribution in [2.45, 2.75) is 6.42 Å². The van der Waals surface area contributed by atoms with Gasteiger partial charge in [0.1, 0.15) is 17.2 Å². The molecule has 1 aromatic carbocycles. The predicted molar refractivity (Wildman–Crippen MR) is 83.8 cm³/mol. The molecule has 1 saturated heterocycles. The van der Waals surface area contributed by atoms with Crippen molar-refractivity contribution < 1.29 is 9.53 Å². The van der Waals surface area contributed by atoms with Gasteiger partial charge in [0, 0.05) is 25.4 Å². The molecule has 3 rings (SSSR count). The number of hydrogen-bond acceptors (Lipinski definition) is 4. The van der Waals surface area contributed by atoms with E-state index in [9.17, 15) is 4.79 Å². The van der Waals surface area contributed by atoms with Gasteiger partial charge >= 0.3 is 0 Å². The highest BCUT2D eigenvalue weighted by Crippen LogP contribution is 2.22. The van der Waals surface area contributed by atoms with E-state index in [1.165, 1.54) is 0 Å². The normalized spacial score (nSPS) is 17.5. The Labute approximate surface area is 129 Å². The van der Waals surface area contributed by atoms with Gasteiger partial charge in [-0.2, -0.15) is 0 Å². The Bertz CT molecular complexity index is 645. The van der Waals surface area contributed by atoms with Crippen LogP contribution in [0.5, 0.6) is 11.5 Å². The van der Waals surface area contributed by atoms with Crippen LogP contribution in [0.25, 0.3) is 0 Å². The lowest BCUT2D eigenvalue weighted by Crippen LogP contribution is -2.30. The predicted octanol–water partition coefficient (Wildman–Crippen LogP) is 2.29. The lowest BCUT2D eigenvalue weighted by molar-refractivity contribution is 0.0781. The minimum absolute atomic E-state index is 0.0607. The molecule has 0 radical (unpaired) electrons. The fraction of sp³-hybridized carbons (Fsp3) is 0.294. The first kappa shape index (κ1) is 14.5. The maximum Gasteiger partial charge on any atom is 0.272 e. The van der Waals surface area contributed by atoms with Crippen molar-refractivity contribution in [2.75, 3.05) is 19.6 Å². The van der Waals surface area contributed by atoms with Gasteiger partial charge in [0.05, 0.1) is 0 Å². The largest absolute Gasteiger partial charge is 0.457 e. The molecule has 114 valence electrons. The number of likely N-dealkylation sites (tertiary alicyclic amines) is 1. The van der Waals surface area contributed by atoms with Crippen LogP contribution in [0, 0.1) is 5.92 Å². The number of pyridine rings is 1. The number of benzene rings is 1. The van der Waals surface area contributed by atoms with E-state index >= 15 is 0 Å². The Morgan fingerprint density at radius 1 is 1.27 bits per heavy atom. The van der Waals surface area contributed by atoms with Gasteiger partial charge in [-0.1, -0.05) is 18.2 Å². The molecular weight excluding hydrogens is 278 g/mol. The summed E-state index contributed by atoms with van der Waals surface area (Å²) in [6.45, 7) is 2.07. The molecule has 0 bridgehead atoms. The van der Waals surface area contributed by atoms with Gasteiger partial charge in [-0.15, -0.1) is 0 Å². The fourth-order valence-electron chi connectivity index (χ4n) is 2.59. The smallest absolute Gasteiger partial charge is 0.272 e. The summed E-state index contributed by atoms with van der Waals surface area (Å²) in [6, 6.07) is 12.9. The second-order valence-electron chi connectivity index (χ2n) is 5.43. The van der Waals surface area contributed by atoms with Crippen LogP contribution in [-0.4, -0.2) is 35.4 Å². The van der Waals surface area contributed by atoms with Crippen molar-refractivity contribution in [3.8, 4) is 11.5 Å². The SMILES string of the molecule is NCC1CCN(C(=O)c2cc(Oc3ccccc3)ccn2)C1. The van der Waals surface area contributed by atoms with Gasteiger partial charge in [-0.25, -0.2) is 0 Å². The number of rotatable bonds is 4. The molecule has 1 unspecified atom stereocenters. The van der Waals surface area contributed by atoms with Gasteiger partial charge in [0.25, 0.3) is 5.91 Å². The molecule has 1 fully saturated rings. The Balaban J connectivity index is 1.72. The highest BCUT2D eigenvalue weighted by Gasteiger charge is 2.26. The fourth-order valence-corrected chi connectivity index (χ4v) is 2.59. The standard InChI is InChI=1S/C17H19N3O2/c18-11-13-7-9-20(12-13)17(21)16-10-15(6-8-19-16)22-14-4-2-1-3-5-14/h1-6,8,10,13H,7,9,11-12,18H2. The summed E-state index contributed by atoms with van der Waals surface area (Å²) in [4.78, 5) is 18.5. The zero-order valence-electron chi connectivity index (χ0n) is 12.3. The zero-order valence-corrected chi connectivity index (χ0v) is 12.3. The summed E-state index contributed by atoms with van der Waals surface area (Å²) in [7, 11) is 0. The molecule has 5 heteroatoms. The Hall–Kier alpha value is -2.40. The van der Waals surface area contributed by atoms with Crippen molar-refractivity contribution in [2.24, 2.45) is 11.7 Å². The maximum absolute atomic E-state index is 12.5. The molecule has 2 N–H and O–H groups in total. The molecule has 1 aliphatic rings. The van der Waals surface area contributed by atoms with Gasteiger partial charge in [-0.05, 0) is 37.1 Å². The third-order valence-corrected chi connectivity index (χ3v) is 3.84. The summed E-state index contributed by atoms with van der Waals surface area (Å²) in [5, 5.41) is 0. The summed E-state index contributed by atoms with van der Waals surface area (Å²) in [5.41, 5.74) is 6.08. The number of para-hydroxylation sites is 1. The van der Waals surface area contributed by atoms with Crippen LogP contribution in [0.1, 0.15) is 16.9 Å². The Morgan fingerprint density at radius 3 is 2.82 bits per heavy atom. The summed E-state index contributed by atoms with van der Waals surface area (Å²) >= 11 is 0. The number of hydrogen-bond donors (Lipinski definition) is 1. The highest BCUT2D eigenvalue weighted by atomic mass is 16.5. The van der Waals surface area contributed by atoms with Crippen LogP contribution in [0.15, 0.2) is 48.7 Å². The van der Waals surface area contributed by atoms with E-state index in [-0.39, 0.29) is 5.91 Å². The van der Waals surface area contributed by atoms with Crippen molar-refractivity contribution in [3.05, 3.63) is 54.4 Å². The van der Waals surface area contributed by atoms with E-state index in [0.717, 1.165) is 18.7 Å². The molecule has 0 saturated carbocycles. The average Bonchev–Trinajstić information content (AvgIpc) is 3.04. The van der Waals surface area contributed by atoms with Crippen molar-refractivity contribution in [1.29, 1.82) is 0 Å². The van der Waals surface area contributed by atoms with Crippen LogP contribution < -0.4 is 10.5 Å². The topological polar surface area (TPSA) is 68.5 Å². The molecule has 0 aliphatic carbocycles. The molecule has 2 aromatic rings. The first-order valence-electron chi connectivity index (χ1n) is 7.44. The van der Waals surface area contributed by atoms with Gasteiger partial charge in [-0.3, -0.25) is 9.78 Å². The minimum atomic E-state index is -0.0607. The summed E-state index contributed by atoms with van der Waals surface area (Å²) in [5.74, 6) is 1.68. The summed E-state index contributed by atoms with van der Waals surface area (Å²) in [6.07, 6.45) is 2.56.